The Balaban J connectivity index is 4.45. The third kappa shape index (κ3) is 2.60. The van der Waals surface area contributed by atoms with E-state index in [2.05, 4.69) is 0 Å². The minimum absolute atomic E-state index is 0.417. The Morgan fingerprint density at radius 1 is 1.33 bits per heavy atom. The lowest BCUT2D eigenvalue weighted by molar-refractivity contribution is -0.114. The highest BCUT2D eigenvalue weighted by Gasteiger charge is 2.18. The van der Waals surface area contributed by atoms with E-state index in [-0.39, 0.29) is 0 Å². The molecular weight excluding hydrogens is 140 g/mol. The molecule has 0 rings (SSSR count). The summed E-state index contributed by atoms with van der Waals surface area (Å²) in [6.07, 6.45) is 0.926. The zero-order chi connectivity index (χ0) is 7.65. The maximum atomic E-state index is 10.6. The maximum Gasteiger partial charge on any atom is 0.248 e. The molecule has 0 saturated heterocycles. The van der Waals surface area contributed by atoms with Gasteiger partial charge in [0.25, 0.3) is 0 Å². The number of hydrogen-bond acceptors (Lipinski definition) is 3. The van der Waals surface area contributed by atoms with Crippen LogP contribution < -0.4 is 0 Å². The Labute approximate surface area is 55.0 Å². The summed E-state index contributed by atoms with van der Waals surface area (Å²) in [6.45, 7) is 3.12. The van der Waals surface area contributed by atoms with E-state index in [0.29, 0.717) is 0 Å². The van der Waals surface area contributed by atoms with Crippen LogP contribution >= 0.6 is 0 Å². The van der Waals surface area contributed by atoms with Gasteiger partial charge in [0.05, 0.1) is 0 Å². The van der Waals surface area contributed by atoms with Crippen LogP contribution in [0.15, 0.2) is 0 Å². The SMILES string of the molecule is CC(C)C(=O)S(C)(=O)=O. The molecule has 0 aliphatic heterocycles. The highest BCUT2D eigenvalue weighted by atomic mass is 32.2. The quantitative estimate of drug-likeness (QED) is 0.537. The third-order valence-electron chi connectivity index (χ3n) is 0.837. The van der Waals surface area contributed by atoms with Crippen molar-refractivity contribution in [1.82, 2.24) is 0 Å². The lowest BCUT2D eigenvalue weighted by atomic mass is 10.3. The van der Waals surface area contributed by atoms with Crippen molar-refractivity contribution in [2.45, 2.75) is 13.8 Å². The molecule has 0 atom stereocenters. The van der Waals surface area contributed by atoms with Crippen LogP contribution in [-0.2, 0) is 14.6 Å². The molecule has 0 saturated carbocycles. The first kappa shape index (κ1) is 8.62. The normalized spacial score (nSPS) is 12.0. The van der Waals surface area contributed by atoms with Gasteiger partial charge in [-0.15, -0.1) is 0 Å². The van der Waals surface area contributed by atoms with Gasteiger partial charge in [0, 0.05) is 12.2 Å². The predicted octanol–water partition coefficient (Wildman–Crippen LogP) is 0.214. The molecule has 3 nitrogen and oxygen atoms in total. The molecule has 0 bridgehead atoms. The second-order valence-corrected chi connectivity index (χ2v) is 4.19. The van der Waals surface area contributed by atoms with Gasteiger partial charge in [-0.25, -0.2) is 8.42 Å². The summed E-state index contributed by atoms with van der Waals surface area (Å²) in [5.74, 6) is -0.417. The van der Waals surface area contributed by atoms with Crippen molar-refractivity contribution in [1.29, 1.82) is 0 Å². The van der Waals surface area contributed by atoms with Crippen molar-refractivity contribution in [3.63, 3.8) is 0 Å². The summed E-state index contributed by atoms with van der Waals surface area (Å²) in [5.41, 5.74) is 0. The van der Waals surface area contributed by atoms with E-state index >= 15 is 0 Å². The van der Waals surface area contributed by atoms with Crippen molar-refractivity contribution in [3.8, 4) is 0 Å². The van der Waals surface area contributed by atoms with Gasteiger partial charge in [0.1, 0.15) is 0 Å². The maximum absolute atomic E-state index is 10.6. The molecule has 0 heterocycles. The summed E-state index contributed by atoms with van der Waals surface area (Å²) in [5, 5.41) is -0.692. The predicted molar refractivity (Wildman–Crippen MR) is 34.7 cm³/mol. The summed E-state index contributed by atoms with van der Waals surface area (Å²) >= 11 is 0. The molecule has 0 radical (unpaired) electrons. The van der Waals surface area contributed by atoms with Crippen molar-refractivity contribution in [3.05, 3.63) is 0 Å². The molecular formula is C5H10O3S. The molecule has 0 aromatic rings. The number of carbonyl (C=O) groups excluding carboxylic acids is 1. The topological polar surface area (TPSA) is 51.2 Å². The van der Waals surface area contributed by atoms with Crippen LogP contribution in [-0.4, -0.2) is 19.8 Å². The summed E-state index contributed by atoms with van der Waals surface area (Å²) in [6, 6.07) is 0. The Kier molecular flexibility index (Phi) is 2.37. The molecule has 0 spiro atoms. The largest absolute Gasteiger partial charge is 0.281 e. The fourth-order valence-electron chi connectivity index (χ4n) is 0.428. The first-order chi connectivity index (χ1) is 3.85. The fraction of sp³-hybridized carbons (Fsp3) is 0.800. The number of carbonyl (C=O) groups is 1. The van der Waals surface area contributed by atoms with E-state index in [4.69, 9.17) is 0 Å². The smallest absolute Gasteiger partial charge is 0.248 e. The third-order valence-corrected chi connectivity index (χ3v) is 2.04. The van der Waals surface area contributed by atoms with Crippen molar-refractivity contribution in [2.75, 3.05) is 6.26 Å². The molecule has 0 N–H and O–H groups in total. The van der Waals surface area contributed by atoms with Gasteiger partial charge in [-0.1, -0.05) is 13.8 Å². The number of rotatable bonds is 1. The van der Waals surface area contributed by atoms with E-state index in [1.54, 1.807) is 13.8 Å². The summed E-state index contributed by atoms with van der Waals surface area (Å²) < 4.78 is 20.8. The first-order valence-corrected chi connectivity index (χ1v) is 4.48. The van der Waals surface area contributed by atoms with Crippen LogP contribution in [0.1, 0.15) is 13.8 Å². The van der Waals surface area contributed by atoms with E-state index in [9.17, 15) is 13.2 Å². The van der Waals surface area contributed by atoms with Gasteiger partial charge >= 0.3 is 0 Å². The van der Waals surface area contributed by atoms with Gasteiger partial charge < -0.3 is 0 Å². The highest BCUT2D eigenvalue weighted by molar-refractivity contribution is 8.05. The Bertz CT molecular complexity index is 200. The van der Waals surface area contributed by atoms with Crippen LogP contribution in [0, 0.1) is 5.92 Å². The number of sulfone groups is 1. The first-order valence-electron chi connectivity index (χ1n) is 2.59. The van der Waals surface area contributed by atoms with E-state index in [0.717, 1.165) is 6.26 Å². The van der Waals surface area contributed by atoms with Crippen molar-refractivity contribution < 1.29 is 13.2 Å². The lowest BCUT2D eigenvalue weighted by Gasteiger charge is -1.98. The molecule has 0 fully saturated rings. The van der Waals surface area contributed by atoms with E-state index in [1.165, 1.54) is 0 Å². The van der Waals surface area contributed by atoms with Gasteiger partial charge in [-0.05, 0) is 0 Å². The Morgan fingerprint density at radius 2 is 1.67 bits per heavy atom. The number of hydrogen-bond donors (Lipinski definition) is 0. The van der Waals surface area contributed by atoms with E-state index in [1.807, 2.05) is 0 Å². The van der Waals surface area contributed by atoms with Gasteiger partial charge in [0.2, 0.25) is 15.0 Å². The molecule has 4 heteroatoms. The Hall–Kier alpha value is -0.380. The van der Waals surface area contributed by atoms with Gasteiger partial charge in [-0.2, -0.15) is 0 Å². The average molecular weight is 150 g/mol. The minimum atomic E-state index is -3.44. The fourth-order valence-corrected chi connectivity index (χ4v) is 1.28. The van der Waals surface area contributed by atoms with E-state index < -0.39 is 20.9 Å². The van der Waals surface area contributed by atoms with Crippen LogP contribution in [0.5, 0.6) is 0 Å². The second kappa shape index (κ2) is 2.47. The molecule has 0 aromatic carbocycles. The van der Waals surface area contributed by atoms with Crippen LogP contribution in [0.4, 0.5) is 0 Å². The van der Waals surface area contributed by atoms with Gasteiger partial charge in [0.15, 0.2) is 0 Å². The highest BCUT2D eigenvalue weighted by Crippen LogP contribution is 1.99. The molecule has 54 valence electrons. The van der Waals surface area contributed by atoms with Gasteiger partial charge in [-0.3, -0.25) is 4.79 Å². The van der Waals surface area contributed by atoms with Crippen molar-refractivity contribution in [2.24, 2.45) is 5.92 Å². The average Bonchev–Trinajstić information content (AvgIpc) is 1.62. The molecule has 0 aliphatic carbocycles. The van der Waals surface area contributed by atoms with Crippen LogP contribution in [0.25, 0.3) is 0 Å². The lowest BCUT2D eigenvalue weighted by Crippen LogP contribution is -2.17. The molecule has 0 aliphatic rings. The minimum Gasteiger partial charge on any atom is -0.281 e. The van der Waals surface area contributed by atoms with Crippen molar-refractivity contribution >= 4 is 15.0 Å². The molecule has 0 aromatic heterocycles. The summed E-state index contributed by atoms with van der Waals surface area (Å²) in [7, 11) is -3.44. The Morgan fingerprint density at radius 3 is 1.67 bits per heavy atom. The zero-order valence-electron chi connectivity index (χ0n) is 5.71. The standard InChI is InChI=1S/C5H10O3S/c1-4(2)5(6)9(3,7)8/h4H,1-3H3. The molecule has 0 unspecified atom stereocenters. The molecule has 0 amide bonds. The summed E-state index contributed by atoms with van der Waals surface area (Å²) in [4.78, 5) is 10.6. The monoisotopic (exact) mass is 150 g/mol. The van der Waals surface area contributed by atoms with Crippen LogP contribution in [0.2, 0.25) is 0 Å². The second-order valence-electron chi connectivity index (χ2n) is 2.25. The molecule has 9 heavy (non-hydrogen) atoms. The van der Waals surface area contributed by atoms with Crippen LogP contribution in [0.3, 0.4) is 0 Å². The zero-order valence-corrected chi connectivity index (χ0v) is 6.53.